The third kappa shape index (κ3) is 2.16. The summed E-state index contributed by atoms with van der Waals surface area (Å²) >= 11 is 0. The van der Waals surface area contributed by atoms with E-state index in [0.29, 0.717) is 11.6 Å². The zero-order valence-electron chi connectivity index (χ0n) is 11.5. The molecule has 2 aromatic heterocycles. The molecule has 2 N–H and O–H groups in total. The van der Waals surface area contributed by atoms with Crippen LogP contribution in [-0.4, -0.2) is 33.5 Å². The maximum Gasteiger partial charge on any atom is 0.226 e. The highest BCUT2D eigenvalue weighted by Crippen LogP contribution is 2.27. The van der Waals surface area contributed by atoms with Crippen molar-refractivity contribution in [1.29, 1.82) is 0 Å². The van der Waals surface area contributed by atoms with Crippen LogP contribution < -0.4 is 10.2 Å². The van der Waals surface area contributed by atoms with E-state index in [1.165, 1.54) is 0 Å². The molecule has 0 bridgehead atoms. The first-order chi connectivity index (χ1) is 9.79. The fraction of sp³-hybridized carbons (Fsp3) is 0.214. The Morgan fingerprint density at radius 2 is 2.00 bits per heavy atom. The number of benzene rings is 1. The van der Waals surface area contributed by atoms with Gasteiger partial charge in [0.25, 0.3) is 0 Å². The van der Waals surface area contributed by atoms with Crippen LogP contribution in [0.3, 0.4) is 0 Å². The lowest BCUT2D eigenvalue weighted by Gasteiger charge is -2.19. The Hall–Kier alpha value is -2.63. The molecule has 0 amide bonds. The van der Waals surface area contributed by atoms with Crippen LogP contribution in [0.2, 0.25) is 0 Å². The summed E-state index contributed by atoms with van der Waals surface area (Å²) in [6, 6.07) is 10.1. The zero-order valence-corrected chi connectivity index (χ0v) is 11.5. The van der Waals surface area contributed by atoms with Gasteiger partial charge in [0.2, 0.25) is 5.95 Å². The molecule has 3 aromatic rings. The highest BCUT2D eigenvalue weighted by molar-refractivity contribution is 5.86. The molecule has 102 valence electrons. The number of nitrogens with zero attached hydrogens (tertiary/aromatic N) is 4. The Morgan fingerprint density at radius 1 is 1.20 bits per heavy atom. The van der Waals surface area contributed by atoms with E-state index in [-0.39, 0.29) is 0 Å². The van der Waals surface area contributed by atoms with Crippen molar-refractivity contribution >= 4 is 28.6 Å². The predicted octanol–water partition coefficient (Wildman–Crippen LogP) is 2.55. The Bertz CT molecular complexity index is 706. The molecule has 0 aliphatic heterocycles. The van der Waals surface area contributed by atoms with E-state index in [9.17, 15) is 0 Å². The van der Waals surface area contributed by atoms with Crippen LogP contribution >= 0.6 is 0 Å². The fourth-order valence-electron chi connectivity index (χ4n) is 2.07. The largest absolute Gasteiger partial charge is 0.354 e. The maximum atomic E-state index is 4.57. The number of aromatic nitrogens is 4. The number of H-pyrrole nitrogens is 1. The normalized spacial score (nSPS) is 10.7. The van der Waals surface area contributed by atoms with E-state index in [1.54, 1.807) is 6.33 Å². The summed E-state index contributed by atoms with van der Waals surface area (Å²) < 4.78 is 0. The van der Waals surface area contributed by atoms with Crippen LogP contribution in [0.15, 0.2) is 36.7 Å². The van der Waals surface area contributed by atoms with Crippen LogP contribution in [0.4, 0.5) is 17.5 Å². The van der Waals surface area contributed by atoms with Crippen molar-refractivity contribution in [3.8, 4) is 0 Å². The van der Waals surface area contributed by atoms with E-state index in [0.717, 1.165) is 23.6 Å². The Labute approximate surface area is 116 Å². The van der Waals surface area contributed by atoms with Gasteiger partial charge in [-0.05, 0) is 19.1 Å². The molecule has 3 rings (SSSR count). The van der Waals surface area contributed by atoms with Crippen LogP contribution in [0, 0.1) is 0 Å². The first-order valence-electron chi connectivity index (χ1n) is 6.53. The molecule has 2 heterocycles. The molecule has 6 heteroatoms. The lowest BCUT2D eigenvalue weighted by atomic mass is 10.3. The Balaban J connectivity index is 2.11. The van der Waals surface area contributed by atoms with Crippen molar-refractivity contribution in [3.63, 3.8) is 0 Å². The van der Waals surface area contributed by atoms with Crippen molar-refractivity contribution < 1.29 is 0 Å². The summed E-state index contributed by atoms with van der Waals surface area (Å²) in [4.78, 5) is 18.3. The van der Waals surface area contributed by atoms with Crippen molar-refractivity contribution in [2.75, 3.05) is 23.8 Å². The summed E-state index contributed by atoms with van der Waals surface area (Å²) in [5.74, 6) is 1.39. The van der Waals surface area contributed by atoms with Crippen LogP contribution in [0.5, 0.6) is 0 Å². The molecular weight excluding hydrogens is 252 g/mol. The summed E-state index contributed by atoms with van der Waals surface area (Å²) in [5, 5.41) is 3.13. The summed E-state index contributed by atoms with van der Waals surface area (Å²) in [6.07, 6.45) is 1.64. The third-order valence-electron chi connectivity index (χ3n) is 3.06. The van der Waals surface area contributed by atoms with Gasteiger partial charge >= 0.3 is 0 Å². The second-order valence-corrected chi connectivity index (χ2v) is 4.40. The number of fused-ring (bicyclic) bond motifs is 1. The van der Waals surface area contributed by atoms with Gasteiger partial charge in [-0.3, -0.25) is 0 Å². The molecule has 0 fully saturated rings. The topological polar surface area (TPSA) is 69.7 Å². The first kappa shape index (κ1) is 12.4. The van der Waals surface area contributed by atoms with Crippen LogP contribution in [0.25, 0.3) is 11.2 Å². The summed E-state index contributed by atoms with van der Waals surface area (Å²) in [7, 11) is 1.98. The summed E-state index contributed by atoms with van der Waals surface area (Å²) in [6.45, 7) is 2.78. The number of hydrogen-bond donors (Lipinski definition) is 2. The molecule has 0 aliphatic carbocycles. The smallest absolute Gasteiger partial charge is 0.226 e. The molecule has 0 saturated carbocycles. The minimum atomic E-state index is 0.588. The van der Waals surface area contributed by atoms with Gasteiger partial charge in [-0.2, -0.15) is 9.97 Å². The van der Waals surface area contributed by atoms with Crippen LogP contribution in [-0.2, 0) is 0 Å². The highest BCUT2D eigenvalue weighted by atomic mass is 15.2. The maximum absolute atomic E-state index is 4.57. The van der Waals surface area contributed by atoms with E-state index in [1.807, 2.05) is 49.2 Å². The van der Waals surface area contributed by atoms with Gasteiger partial charge in [0.1, 0.15) is 5.52 Å². The van der Waals surface area contributed by atoms with Gasteiger partial charge in [0.05, 0.1) is 6.33 Å². The third-order valence-corrected chi connectivity index (χ3v) is 3.06. The number of imidazole rings is 1. The Kier molecular flexibility index (Phi) is 3.20. The molecular formula is C14H16N6. The molecule has 1 aromatic carbocycles. The molecule has 0 aliphatic rings. The average Bonchev–Trinajstić information content (AvgIpc) is 2.95. The minimum absolute atomic E-state index is 0.588. The number of rotatable bonds is 4. The van der Waals surface area contributed by atoms with Crippen molar-refractivity contribution in [2.24, 2.45) is 0 Å². The van der Waals surface area contributed by atoms with Gasteiger partial charge in [0, 0.05) is 19.3 Å². The van der Waals surface area contributed by atoms with Gasteiger partial charge in [-0.25, -0.2) is 4.98 Å². The number of para-hydroxylation sites is 1. The monoisotopic (exact) mass is 268 g/mol. The molecule has 0 atom stereocenters. The van der Waals surface area contributed by atoms with Gasteiger partial charge in [-0.1, -0.05) is 18.2 Å². The molecule has 0 radical (unpaired) electrons. The second kappa shape index (κ2) is 5.16. The standard InChI is InChI=1S/C14H16N6/c1-3-15-14-18-12-11(16-9-17-12)13(19-14)20(2)10-7-5-4-6-8-10/h4-9H,3H2,1-2H3,(H2,15,16,17,18,19). The molecule has 6 nitrogen and oxygen atoms in total. The Morgan fingerprint density at radius 3 is 2.75 bits per heavy atom. The number of hydrogen-bond acceptors (Lipinski definition) is 5. The number of aromatic amines is 1. The van der Waals surface area contributed by atoms with E-state index >= 15 is 0 Å². The zero-order chi connectivity index (χ0) is 13.9. The second-order valence-electron chi connectivity index (χ2n) is 4.40. The summed E-state index contributed by atoms with van der Waals surface area (Å²) in [5.41, 5.74) is 2.55. The van der Waals surface area contributed by atoms with E-state index < -0.39 is 0 Å². The first-order valence-corrected chi connectivity index (χ1v) is 6.53. The van der Waals surface area contributed by atoms with E-state index in [2.05, 4.69) is 25.3 Å². The van der Waals surface area contributed by atoms with Gasteiger partial charge in [-0.15, -0.1) is 0 Å². The molecule has 0 saturated heterocycles. The minimum Gasteiger partial charge on any atom is -0.354 e. The number of anilines is 3. The van der Waals surface area contributed by atoms with Crippen molar-refractivity contribution in [1.82, 2.24) is 19.9 Å². The predicted molar refractivity (Wildman–Crippen MR) is 80.4 cm³/mol. The van der Waals surface area contributed by atoms with Crippen LogP contribution in [0.1, 0.15) is 6.92 Å². The number of nitrogens with one attached hydrogen (secondary N) is 2. The van der Waals surface area contributed by atoms with E-state index in [4.69, 9.17) is 0 Å². The van der Waals surface area contributed by atoms with Crippen molar-refractivity contribution in [3.05, 3.63) is 36.7 Å². The lowest BCUT2D eigenvalue weighted by molar-refractivity contribution is 1.06. The molecule has 0 unspecified atom stereocenters. The highest BCUT2D eigenvalue weighted by Gasteiger charge is 2.14. The fourth-order valence-corrected chi connectivity index (χ4v) is 2.07. The SMILES string of the molecule is CCNc1nc(N(C)c2ccccc2)c2[nH]cnc2n1. The quantitative estimate of drug-likeness (QED) is 0.761. The molecule has 0 spiro atoms. The average molecular weight is 268 g/mol. The van der Waals surface area contributed by atoms with Gasteiger partial charge < -0.3 is 15.2 Å². The van der Waals surface area contributed by atoms with Gasteiger partial charge in [0.15, 0.2) is 11.5 Å². The lowest BCUT2D eigenvalue weighted by Crippen LogP contribution is -2.14. The van der Waals surface area contributed by atoms with Crippen molar-refractivity contribution in [2.45, 2.75) is 6.92 Å². The molecule has 20 heavy (non-hydrogen) atoms.